The molecule has 3 aromatic carbocycles. The number of halogens is 2. The zero-order chi connectivity index (χ0) is 12.7. The van der Waals surface area contributed by atoms with Gasteiger partial charge in [-0.15, -0.1) is 0 Å². The van der Waals surface area contributed by atoms with Gasteiger partial charge in [-0.2, -0.15) is 0 Å². The molecule has 0 saturated heterocycles. The molecule has 90 valence electrons. The Balaban J connectivity index is 2.55. The molecule has 0 aliphatic heterocycles. The second-order valence-electron chi connectivity index (χ2n) is 4.25. The lowest BCUT2D eigenvalue weighted by molar-refractivity contribution is 0.283. The summed E-state index contributed by atoms with van der Waals surface area (Å²) >= 11 is 12.1. The molecule has 3 aromatic rings. The summed E-state index contributed by atoms with van der Waals surface area (Å²) in [7, 11) is 0. The van der Waals surface area contributed by atoms with Crippen LogP contribution in [0.15, 0.2) is 42.5 Å². The Kier molecular flexibility index (Phi) is 2.90. The molecule has 0 fully saturated rings. The molecule has 0 saturated carbocycles. The molecule has 0 heterocycles. The zero-order valence-corrected chi connectivity index (χ0v) is 11.0. The van der Waals surface area contributed by atoms with Crippen molar-refractivity contribution in [2.24, 2.45) is 0 Å². The van der Waals surface area contributed by atoms with Crippen LogP contribution in [-0.2, 0) is 6.61 Å². The number of hydrogen-bond acceptors (Lipinski definition) is 1. The Bertz CT molecular complexity index is 750. The van der Waals surface area contributed by atoms with Crippen LogP contribution in [0.4, 0.5) is 0 Å². The maximum Gasteiger partial charge on any atom is 0.0688 e. The lowest BCUT2D eigenvalue weighted by Gasteiger charge is -2.09. The van der Waals surface area contributed by atoms with Crippen molar-refractivity contribution in [1.82, 2.24) is 0 Å². The van der Waals surface area contributed by atoms with Crippen LogP contribution < -0.4 is 0 Å². The summed E-state index contributed by atoms with van der Waals surface area (Å²) in [5, 5.41) is 15.0. The molecule has 0 spiro atoms. The monoisotopic (exact) mass is 276 g/mol. The van der Waals surface area contributed by atoms with Crippen LogP contribution in [-0.4, -0.2) is 5.11 Å². The Morgan fingerprint density at radius 1 is 0.778 bits per heavy atom. The van der Waals surface area contributed by atoms with Gasteiger partial charge in [0, 0.05) is 10.0 Å². The summed E-state index contributed by atoms with van der Waals surface area (Å²) in [5.41, 5.74) is 0.900. The molecule has 0 aromatic heterocycles. The van der Waals surface area contributed by atoms with Crippen molar-refractivity contribution < 1.29 is 5.11 Å². The first-order chi connectivity index (χ1) is 8.69. The maximum absolute atomic E-state index is 9.46. The average Bonchev–Trinajstić information content (AvgIpc) is 2.38. The predicted octanol–water partition coefficient (Wildman–Crippen LogP) is 4.79. The molecule has 0 radical (unpaired) electrons. The van der Waals surface area contributed by atoms with Crippen LogP contribution in [0.1, 0.15) is 5.56 Å². The molecule has 3 rings (SSSR count). The Morgan fingerprint density at radius 2 is 1.44 bits per heavy atom. The second kappa shape index (κ2) is 4.43. The third-order valence-corrected chi connectivity index (χ3v) is 3.60. The summed E-state index contributed by atoms with van der Waals surface area (Å²) in [6, 6.07) is 13.4. The van der Waals surface area contributed by atoms with Gasteiger partial charge in [0.2, 0.25) is 0 Å². The van der Waals surface area contributed by atoms with E-state index in [9.17, 15) is 5.11 Å². The van der Waals surface area contributed by atoms with E-state index in [4.69, 9.17) is 23.2 Å². The fraction of sp³-hybridized carbons (Fsp3) is 0.0667. The number of benzene rings is 3. The van der Waals surface area contributed by atoms with Gasteiger partial charge >= 0.3 is 0 Å². The molecule has 0 bridgehead atoms. The van der Waals surface area contributed by atoms with Crippen molar-refractivity contribution in [1.29, 1.82) is 0 Å². The summed E-state index contributed by atoms with van der Waals surface area (Å²) in [6.45, 7) is 0.0106. The SMILES string of the molecule is OCc1cc2ccc(Cl)cc2c2cc(Cl)ccc12. The van der Waals surface area contributed by atoms with Crippen LogP contribution >= 0.6 is 23.2 Å². The van der Waals surface area contributed by atoms with E-state index in [2.05, 4.69) is 0 Å². The molecule has 0 atom stereocenters. The van der Waals surface area contributed by atoms with E-state index in [1.54, 1.807) is 0 Å². The van der Waals surface area contributed by atoms with Gasteiger partial charge in [0.05, 0.1) is 6.61 Å². The van der Waals surface area contributed by atoms with Crippen molar-refractivity contribution in [3.8, 4) is 0 Å². The van der Waals surface area contributed by atoms with E-state index >= 15 is 0 Å². The van der Waals surface area contributed by atoms with Crippen LogP contribution in [0.3, 0.4) is 0 Å². The van der Waals surface area contributed by atoms with Gasteiger partial charge in [-0.1, -0.05) is 35.3 Å². The first kappa shape index (κ1) is 11.8. The maximum atomic E-state index is 9.46. The summed E-state index contributed by atoms with van der Waals surface area (Å²) in [5.74, 6) is 0. The summed E-state index contributed by atoms with van der Waals surface area (Å²) in [6.07, 6.45) is 0. The lowest BCUT2D eigenvalue weighted by Crippen LogP contribution is -1.88. The molecule has 1 N–H and O–H groups in total. The first-order valence-corrected chi connectivity index (χ1v) is 6.36. The molecule has 0 aliphatic rings. The van der Waals surface area contributed by atoms with Gasteiger partial charge < -0.3 is 5.11 Å². The van der Waals surface area contributed by atoms with Crippen molar-refractivity contribution in [2.45, 2.75) is 6.61 Å². The van der Waals surface area contributed by atoms with E-state index in [-0.39, 0.29) is 6.61 Å². The Labute approximate surface area is 115 Å². The average molecular weight is 277 g/mol. The fourth-order valence-corrected chi connectivity index (χ4v) is 2.65. The van der Waals surface area contributed by atoms with Gasteiger partial charge in [-0.05, 0) is 57.4 Å². The highest BCUT2D eigenvalue weighted by Crippen LogP contribution is 2.32. The quantitative estimate of drug-likeness (QED) is 0.634. The minimum atomic E-state index is 0.0106. The van der Waals surface area contributed by atoms with E-state index in [1.807, 2.05) is 42.5 Å². The smallest absolute Gasteiger partial charge is 0.0688 e. The molecule has 0 aliphatic carbocycles. The van der Waals surface area contributed by atoms with Gasteiger partial charge in [0.1, 0.15) is 0 Å². The van der Waals surface area contributed by atoms with Crippen molar-refractivity contribution in [3.63, 3.8) is 0 Å². The van der Waals surface area contributed by atoms with E-state index in [0.717, 1.165) is 27.1 Å². The van der Waals surface area contributed by atoms with E-state index in [0.29, 0.717) is 10.0 Å². The molecule has 0 amide bonds. The van der Waals surface area contributed by atoms with Gasteiger partial charge in [0.25, 0.3) is 0 Å². The third-order valence-electron chi connectivity index (χ3n) is 3.13. The minimum absolute atomic E-state index is 0.0106. The number of aliphatic hydroxyl groups excluding tert-OH is 1. The molecule has 3 heteroatoms. The van der Waals surface area contributed by atoms with Crippen LogP contribution in [0.25, 0.3) is 21.5 Å². The summed E-state index contributed by atoms with van der Waals surface area (Å²) in [4.78, 5) is 0. The van der Waals surface area contributed by atoms with E-state index < -0.39 is 0 Å². The highest BCUT2D eigenvalue weighted by atomic mass is 35.5. The highest BCUT2D eigenvalue weighted by molar-refractivity contribution is 6.33. The molecule has 18 heavy (non-hydrogen) atoms. The highest BCUT2D eigenvalue weighted by Gasteiger charge is 2.07. The molecular formula is C15H10Cl2O. The van der Waals surface area contributed by atoms with Crippen LogP contribution in [0.5, 0.6) is 0 Å². The van der Waals surface area contributed by atoms with Crippen molar-refractivity contribution in [3.05, 3.63) is 58.1 Å². The standard InChI is InChI=1S/C15H10Cl2O/c16-11-2-1-9-5-10(8-18)13-4-3-12(17)7-15(13)14(9)6-11/h1-7,18H,8H2. The van der Waals surface area contributed by atoms with Gasteiger partial charge in [0.15, 0.2) is 0 Å². The largest absolute Gasteiger partial charge is 0.392 e. The summed E-state index contributed by atoms with van der Waals surface area (Å²) < 4.78 is 0. The fourth-order valence-electron chi connectivity index (χ4n) is 2.30. The first-order valence-electron chi connectivity index (χ1n) is 5.60. The lowest BCUT2D eigenvalue weighted by atomic mass is 9.97. The van der Waals surface area contributed by atoms with Crippen LogP contribution in [0, 0.1) is 0 Å². The number of rotatable bonds is 1. The predicted molar refractivity (Wildman–Crippen MR) is 77.4 cm³/mol. The third kappa shape index (κ3) is 1.85. The normalized spacial score (nSPS) is 11.3. The zero-order valence-electron chi connectivity index (χ0n) is 9.45. The van der Waals surface area contributed by atoms with Gasteiger partial charge in [-0.3, -0.25) is 0 Å². The van der Waals surface area contributed by atoms with Crippen LogP contribution in [0.2, 0.25) is 10.0 Å². The molecular weight excluding hydrogens is 267 g/mol. The topological polar surface area (TPSA) is 20.2 Å². The van der Waals surface area contributed by atoms with Crippen molar-refractivity contribution in [2.75, 3.05) is 0 Å². The second-order valence-corrected chi connectivity index (χ2v) is 5.12. The minimum Gasteiger partial charge on any atom is -0.392 e. The molecule has 1 nitrogen and oxygen atoms in total. The van der Waals surface area contributed by atoms with Gasteiger partial charge in [-0.25, -0.2) is 0 Å². The van der Waals surface area contributed by atoms with E-state index in [1.165, 1.54) is 0 Å². The molecule has 0 unspecified atom stereocenters. The van der Waals surface area contributed by atoms with Crippen molar-refractivity contribution >= 4 is 44.7 Å². The Morgan fingerprint density at radius 3 is 2.17 bits per heavy atom. The Hall–Kier alpha value is -1.28. The number of hydrogen-bond donors (Lipinski definition) is 1. The number of aliphatic hydroxyl groups is 1. The number of fused-ring (bicyclic) bond motifs is 3.